The number of rotatable bonds is 7. The molecule has 2 N–H and O–H groups in total. The van der Waals surface area contributed by atoms with Crippen LogP contribution in [0.5, 0.6) is 0 Å². The minimum atomic E-state index is -5.23. The number of amides is 1. The zero-order valence-corrected chi connectivity index (χ0v) is 14.3. The smallest absolute Gasteiger partial charge is 0.442 e. The summed E-state index contributed by atoms with van der Waals surface area (Å²) < 4.78 is 46.3. The number of aromatic nitrogens is 2. The molecule has 1 atom stereocenters. The van der Waals surface area contributed by atoms with E-state index in [0.717, 1.165) is 0 Å². The molecule has 0 saturated heterocycles. The second-order valence-corrected chi connectivity index (χ2v) is 5.38. The number of carbonyl (C=O) groups is 2. The molecule has 1 heterocycles. The van der Waals surface area contributed by atoms with Gasteiger partial charge in [-0.1, -0.05) is 30.3 Å². The maximum atomic E-state index is 13.9. The molecule has 0 radical (unpaired) electrons. The maximum absolute atomic E-state index is 13.9. The molecule has 27 heavy (non-hydrogen) atoms. The monoisotopic (exact) mass is 382 g/mol. The highest BCUT2D eigenvalue weighted by Gasteiger charge is 2.64. The molecule has 144 valence electrons. The third kappa shape index (κ3) is 4.93. The Balaban J connectivity index is 2.37. The van der Waals surface area contributed by atoms with E-state index in [1.807, 2.05) is 5.32 Å². The maximum Gasteiger partial charge on any atom is 0.442 e. The van der Waals surface area contributed by atoms with Crippen LogP contribution in [0.1, 0.15) is 12.5 Å². The van der Waals surface area contributed by atoms with E-state index in [1.165, 1.54) is 25.4 Å². The number of anilines is 1. The third-order valence-corrected chi connectivity index (χ3v) is 3.41. The molecule has 2 rings (SSSR count). The SMILES string of the molecule is CCOC(=O)[C@@](NC(=O)Cc1ccccc1)(Nc1ncccn1)C(F)(F)F. The standard InChI is InChI=1S/C17H17F3N4O3/c1-2-27-14(26)16(17(18,19)20,24-15-21-9-6-10-22-15)23-13(25)11-12-7-4-3-5-8-12/h3-10H,2,11H2,1H3,(H,23,25)(H,21,22,24)/t16-/m1/s1. The van der Waals surface area contributed by atoms with Crippen molar-refractivity contribution in [2.45, 2.75) is 25.2 Å². The summed E-state index contributed by atoms with van der Waals surface area (Å²) in [4.78, 5) is 31.8. The Morgan fingerprint density at radius 3 is 2.26 bits per heavy atom. The summed E-state index contributed by atoms with van der Waals surface area (Å²) in [6, 6.07) is 9.52. The zero-order valence-electron chi connectivity index (χ0n) is 14.3. The first-order valence-corrected chi connectivity index (χ1v) is 7.92. The fourth-order valence-corrected chi connectivity index (χ4v) is 2.20. The summed E-state index contributed by atoms with van der Waals surface area (Å²) in [6.45, 7) is 1.03. The molecule has 0 aliphatic rings. The van der Waals surface area contributed by atoms with Crippen LogP contribution >= 0.6 is 0 Å². The molecule has 7 nitrogen and oxygen atoms in total. The van der Waals surface area contributed by atoms with Gasteiger partial charge in [0.2, 0.25) is 11.9 Å². The lowest BCUT2D eigenvalue weighted by Crippen LogP contribution is -2.69. The molecule has 1 aromatic carbocycles. The van der Waals surface area contributed by atoms with E-state index in [2.05, 4.69) is 14.7 Å². The van der Waals surface area contributed by atoms with E-state index in [-0.39, 0.29) is 13.0 Å². The van der Waals surface area contributed by atoms with Crippen molar-refractivity contribution in [3.8, 4) is 0 Å². The van der Waals surface area contributed by atoms with Crippen LogP contribution < -0.4 is 10.6 Å². The minimum absolute atomic E-state index is 0.317. The van der Waals surface area contributed by atoms with Crippen molar-refractivity contribution < 1.29 is 27.5 Å². The summed E-state index contributed by atoms with van der Waals surface area (Å²) >= 11 is 0. The summed E-state index contributed by atoms with van der Waals surface area (Å²) in [5.41, 5.74) is -3.05. The van der Waals surface area contributed by atoms with Gasteiger partial charge in [-0.3, -0.25) is 4.79 Å². The van der Waals surface area contributed by atoms with E-state index < -0.39 is 29.7 Å². The van der Waals surface area contributed by atoms with Crippen LogP contribution in [0.4, 0.5) is 19.1 Å². The van der Waals surface area contributed by atoms with E-state index in [1.54, 1.807) is 35.6 Å². The average Bonchev–Trinajstić information content (AvgIpc) is 2.62. The van der Waals surface area contributed by atoms with Crippen molar-refractivity contribution in [3.63, 3.8) is 0 Å². The van der Waals surface area contributed by atoms with Gasteiger partial charge in [0.25, 0.3) is 0 Å². The van der Waals surface area contributed by atoms with Gasteiger partial charge in [-0.2, -0.15) is 13.2 Å². The molecule has 0 spiro atoms. The minimum Gasteiger partial charge on any atom is -0.463 e. The number of hydrogen-bond donors (Lipinski definition) is 2. The van der Waals surface area contributed by atoms with Gasteiger partial charge < -0.3 is 15.4 Å². The normalized spacial score (nSPS) is 13.3. The molecule has 0 aliphatic carbocycles. The summed E-state index contributed by atoms with van der Waals surface area (Å²) in [6.07, 6.45) is -3.22. The fraction of sp³-hybridized carbons (Fsp3) is 0.294. The van der Waals surface area contributed by atoms with E-state index in [0.29, 0.717) is 5.56 Å². The molecule has 1 amide bonds. The number of nitrogens with one attached hydrogen (secondary N) is 2. The molecule has 10 heteroatoms. The predicted molar refractivity (Wildman–Crippen MR) is 89.4 cm³/mol. The molecule has 0 aliphatic heterocycles. The summed E-state index contributed by atoms with van der Waals surface area (Å²) in [5.74, 6) is -3.25. The molecular formula is C17H17F3N4O3. The lowest BCUT2D eigenvalue weighted by molar-refractivity contribution is -0.208. The first-order valence-electron chi connectivity index (χ1n) is 7.92. The van der Waals surface area contributed by atoms with Gasteiger partial charge in [-0.15, -0.1) is 0 Å². The van der Waals surface area contributed by atoms with Crippen LogP contribution in [-0.2, 0) is 20.7 Å². The number of carbonyl (C=O) groups excluding carboxylic acids is 2. The largest absolute Gasteiger partial charge is 0.463 e. The van der Waals surface area contributed by atoms with Gasteiger partial charge in [-0.25, -0.2) is 14.8 Å². The number of halogens is 3. The molecular weight excluding hydrogens is 365 g/mol. The highest BCUT2D eigenvalue weighted by molar-refractivity contribution is 5.91. The Labute approximate surface area is 153 Å². The number of ether oxygens (including phenoxy) is 1. The van der Waals surface area contributed by atoms with Gasteiger partial charge in [0.15, 0.2) is 0 Å². The molecule has 2 aromatic rings. The first-order chi connectivity index (χ1) is 12.8. The zero-order chi connectivity index (χ0) is 19.9. The van der Waals surface area contributed by atoms with E-state index >= 15 is 0 Å². The van der Waals surface area contributed by atoms with Crippen LogP contribution in [0.3, 0.4) is 0 Å². The highest BCUT2D eigenvalue weighted by atomic mass is 19.4. The van der Waals surface area contributed by atoms with Crippen LogP contribution in [0.25, 0.3) is 0 Å². The van der Waals surface area contributed by atoms with Crippen molar-refractivity contribution >= 4 is 17.8 Å². The van der Waals surface area contributed by atoms with Crippen molar-refractivity contribution in [1.29, 1.82) is 0 Å². The van der Waals surface area contributed by atoms with Crippen molar-refractivity contribution in [3.05, 3.63) is 54.4 Å². The van der Waals surface area contributed by atoms with E-state index in [4.69, 9.17) is 0 Å². The molecule has 0 saturated carbocycles. The van der Waals surface area contributed by atoms with Gasteiger partial charge in [0.05, 0.1) is 13.0 Å². The van der Waals surface area contributed by atoms with Gasteiger partial charge in [-0.05, 0) is 18.6 Å². The molecule has 0 unspecified atom stereocenters. The molecule has 0 fully saturated rings. The Morgan fingerprint density at radius 1 is 1.07 bits per heavy atom. The van der Waals surface area contributed by atoms with E-state index in [9.17, 15) is 22.8 Å². The lowest BCUT2D eigenvalue weighted by Gasteiger charge is -2.34. The van der Waals surface area contributed by atoms with Crippen molar-refractivity contribution in [1.82, 2.24) is 15.3 Å². The number of esters is 1. The van der Waals surface area contributed by atoms with Crippen LogP contribution in [0.2, 0.25) is 0 Å². The fourth-order valence-electron chi connectivity index (χ4n) is 2.20. The molecule has 0 bridgehead atoms. The van der Waals surface area contributed by atoms with Gasteiger partial charge in [0.1, 0.15) is 0 Å². The summed E-state index contributed by atoms with van der Waals surface area (Å²) in [5, 5.41) is 3.60. The molecule has 1 aromatic heterocycles. The van der Waals surface area contributed by atoms with Crippen LogP contribution in [0.15, 0.2) is 48.8 Å². The Kier molecular flexibility index (Phi) is 6.32. The van der Waals surface area contributed by atoms with Gasteiger partial charge in [0, 0.05) is 12.4 Å². The highest BCUT2D eigenvalue weighted by Crippen LogP contribution is 2.32. The number of alkyl halides is 3. The Hall–Kier alpha value is -3.17. The Morgan fingerprint density at radius 2 is 1.70 bits per heavy atom. The average molecular weight is 382 g/mol. The number of benzene rings is 1. The topological polar surface area (TPSA) is 93.2 Å². The second kappa shape index (κ2) is 8.47. The third-order valence-electron chi connectivity index (χ3n) is 3.41. The summed E-state index contributed by atoms with van der Waals surface area (Å²) in [7, 11) is 0. The number of nitrogens with zero attached hydrogens (tertiary/aromatic N) is 2. The quantitative estimate of drug-likeness (QED) is 0.563. The second-order valence-electron chi connectivity index (χ2n) is 5.38. The number of hydrogen-bond acceptors (Lipinski definition) is 6. The predicted octanol–water partition coefficient (Wildman–Crippen LogP) is 2.07. The van der Waals surface area contributed by atoms with Crippen molar-refractivity contribution in [2.75, 3.05) is 11.9 Å². The first kappa shape index (κ1) is 20.1. The van der Waals surface area contributed by atoms with Crippen LogP contribution in [-0.4, -0.2) is 40.3 Å². The van der Waals surface area contributed by atoms with Crippen LogP contribution in [0, 0.1) is 0 Å². The van der Waals surface area contributed by atoms with Crippen molar-refractivity contribution in [2.24, 2.45) is 0 Å². The van der Waals surface area contributed by atoms with Gasteiger partial charge >= 0.3 is 17.8 Å². The Bertz CT molecular complexity index is 772. The lowest BCUT2D eigenvalue weighted by atomic mass is 10.1.